The molecule has 0 amide bonds. The van der Waals surface area contributed by atoms with E-state index in [9.17, 15) is 0 Å². The zero-order valence-electron chi connectivity index (χ0n) is 13.8. The molecule has 0 radical (unpaired) electrons. The molecule has 25 heavy (non-hydrogen) atoms. The van der Waals surface area contributed by atoms with E-state index in [1.807, 2.05) is 54.2 Å². The van der Waals surface area contributed by atoms with Gasteiger partial charge in [-0.3, -0.25) is 4.98 Å². The van der Waals surface area contributed by atoms with Crippen molar-refractivity contribution in [1.29, 1.82) is 0 Å². The van der Waals surface area contributed by atoms with Gasteiger partial charge in [-0.05, 0) is 30.3 Å². The van der Waals surface area contributed by atoms with Crippen molar-refractivity contribution in [3.05, 3.63) is 48.8 Å². The predicted octanol–water partition coefficient (Wildman–Crippen LogP) is 2.68. The normalized spacial score (nSPS) is 11.0. The third-order valence-electron chi connectivity index (χ3n) is 4.06. The molecule has 0 atom stereocenters. The second-order valence-electron chi connectivity index (χ2n) is 5.62. The van der Waals surface area contributed by atoms with E-state index in [-0.39, 0.29) is 5.95 Å². The van der Waals surface area contributed by atoms with E-state index in [1.54, 1.807) is 13.3 Å². The number of nitrogens with two attached hydrogens (primary N) is 1. The number of benzene rings is 1. The minimum atomic E-state index is 0.120. The highest BCUT2D eigenvalue weighted by atomic mass is 16.5. The molecule has 4 rings (SSSR count). The number of rotatable bonds is 3. The highest BCUT2D eigenvalue weighted by Gasteiger charge is 2.18. The van der Waals surface area contributed by atoms with Crippen molar-refractivity contribution in [2.24, 2.45) is 7.05 Å². The standard InChI is InChI=1S/C18H16N6O/c1-24-10-13(12-9-11(25-2)6-7-15(12)24)16-17(22-23-18(19)21-16)14-5-3-4-8-20-14/h3-10H,1-2H3,(H2,19,21,23). The summed E-state index contributed by atoms with van der Waals surface area (Å²) in [4.78, 5) is 8.82. The monoisotopic (exact) mass is 332 g/mol. The van der Waals surface area contributed by atoms with Crippen LogP contribution in [0.2, 0.25) is 0 Å². The van der Waals surface area contributed by atoms with Crippen LogP contribution in [0, 0.1) is 0 Å². The van der Waals surface area contributed by atoms with Crippen molar-refractivity contribution >= 4 is 16.9 Å². The highest BCUT2D eigenvalue weighted by Crippen LogP contribution is 2.35. The van der Waals surface area contributed by atoms with Gasteiger partial charge in [0.05, 0.1) is 12.8 Å². The Kier molecular flexibility index (Phi) is 3.53. The molecule has 0 aliphatic rings. The van der Waals surface area contributed by atoms with E-state index < -0.39 is 0 Å². The Labute approximate surface area is 144 Å². The van der Waals surface area contributed by atoms with Crippen LogP contribution in [0.3, 0.4) is 0 Å². The minimum absolute atomic E-state index is 0.120. The topological polar surface area (TPSA) is 91.7 Å². The third kappa shape index (κ3) is 2.55. The number of methoxy groups -OCH3 is 1. The maximum Gasteiger partial charge on any atom is 0.240 e. The molecular formula is C18H16N6O. The number of anilines is 1. The lowest BCUT2D eigenvalue weighted by Crippen LogP contribution is -2.02. The molecule has 1 aromatic carbocycles. The molecular weight excluding hydrogens is 316 g/mol. The summed E-state index contributed by atoms with van der Waals surface area (Å²) in [5.41, 5.74) is 9.69. The number of hydrogen-bond donors (Lipinski definition) is 1. The molecule has 0 unspecified atom stereocenters. The summed E-state index contributed by atoms with van der Waals surface area (Å²) in [6.45, 7) is 0. The zero-order valence-corrected chi connectivity index (χ0v) is 13.8. The zero-order chi connectivity index (χ0) is 17.4. The third-order valence-corrected chi connectivity index (χ3v) is 4.06. The number of nitrogen functional groups attached to an aromatic ring is 1. The van der Waals surface area contributed by atoms with Gasteiger partial charge >= 0.3 is 0 Å². The van der Waals surface area contributed by atoms with E-state index >= 15 is 0 Å². The van der Waals surface area contributed by atoms with Crippen molar-refractivity contribution in [3.63, 3.8) is 0 Å². The van der Waals surface area contributed by atoms with Gasteiger partial charge in [0.15, 0.2) is 0 Å². The number of nitrogens with zero attached hydrogens (tertiary/aromatic N) is 5. The van der Waals surface area contributed by atoms with Gasteiger partial charge in [0.25, 0.3) is 0 Å². The van der Waals surface area contributed by atoms with Gasteiger partial charge in [-0.15, -0.1) is 10.2 Å². The van der Waals surface area contributed by atoms with Crippen LogP contribution < -0.4 is 10.5 Å². The summed E-state index contributed by atoms with van der Waals surface area (Å²) in [6, 6.07) is 11.5. The lowest BCUT2D eigenvalue weighted by molar-refractivity contribution is 0.415. The first-order valence-electron chi connectivity index (χ1n) is 7.72. The summed E-state index contributed by atoms with van der Waals surface area (Å²) in [5, 5.41) is 9.15. The van der Waals surface area contributed by atoms with Crippen LogP contribution in [0.25, 0.3) is 33.5 Å². The first kappa shape index (κ1) is 15.1. The molecule has 0 saturated heterocycles. The second-order valence-corrected chi connectivity index (χ2v) is 5.62. The lowest BCUT2D eigenvalue weighted by atomic mass is 10.1. The maximum atomic E-state index is 5.81. The van der Waals surface area contributed by atoms with Crippen molar-refractivity contribution in [2.45, 2.75) is 0 Å². The fraction of sp³-hybridized carbons (Fsp3) is 0.111. The summed E-state index contributed by atoms with van der Waals surface area (Å²) in [6.07, 6.45) is 3.71. The van der Waals surface area contributed by atoms with Gasteiger partial charge in [0.2, 0.25) is 5.95 Å². The van der Waals surface area contributed by atoms with E-state index in [0.29, 0.717) is 17.1 Å². The van der Waals surface area contributed by atoms with Gasteiger partial charge in [0, 0.05) is 35.9 Å². The second kappa shape index (κ2) is 5.86. The molecule has 7 nitrogen and oxygen atoms in total. The van der Waals surface area contributed by atoms with Crippen LogP contribution in [0.5, 0.6) is 5.75 Å². The summed E-state index contributed by atoms with van der Waals surface area (Å²) in [7, 11) is 3.63. The molecule has 0 aliphatic carbocycles. The molecule has 2 N–H and O–H groups in total. The van der Waals surface area contributed by atoms with Crippen LogP contribution in [-0.2, 0) is 7.05 Å². The van der Waals surface area contributed by atoms with E-state index in [4.69, 9.17) is 10.5 Å². The Morgan fingerprint density at radius 2 is 1.96 bits per heavy atom. The molecule has 124 valence electrons. The molecule has 0 fully saturated rings. The summed E-state index contributed by atoms with van der Waals surface area (Å²) in [5.74, 6) is 0.893. The number of fused-ring (bicyclic) bond motifs is 1. The number of ether oxygens (including phenoxy) is 1. The molecule has 7 heteroatoms. The van der Waals surface area contributed by atoms with E-state index in [2.05, 4.69) is 20.2 Å². The maximum absolute atomic E-state index is 5.81. The van der Waals surface area contributed by atoms with Gasteiger partial charge in [-0.25, -0.2) is 4.98 Å². The van der Waals surface area contributed by atoms with E-state index in [0.717, 1.165) is 22.2 Å². The van der Waals surface area contributed by atoms with Gasteiger partial charge in [-0.1, -0.05) is 6.07 Å². The van der Waals surface area contributed by atoms with Crippen molar-refractivity contribution < 1.29 is 4.74 Å². The number of pyridine rings is 1. The molecule has 0 spiro atoms. The Morgan fingerprint density at radius 3 is 2.72 bits per heavy atom. The minimum Gasteiger partial charge on any atom is -0.497 e. The average Bonchev–Trinajstić information content (AvgIpc) is 2.98. The van der Waals surface area contributed by atoms with Crippen molar-refractivity contribution in [3.8, 4) is 28.4 Å². The SMILES string of the molecule is COc1ccc2c(c1)c(-c1nc(N)nnc1-c1ccccn1)cn2C. The molecule has 3 heterocycles. The predicted molar refractivity (Wildman–Crippen MR) is 95.9 cm³/mol. The first-order valence-corrected chi connectivity index (χ1v) is 7.72. The van der Waals surface area contributed by atoms with Crippen LogP contribution in [0.15, 0.2) is 48.8 Å². The Balaban J connectivity index is 2.02. The summed E-state index contributed by atoms with van der Waals surface area (Å²) < 4.78 is 7.40. The Hall–Kier alpha value is -3.48. The van der Waals surface area contributed by atoms with Gasteiger partial charge in [0.1, 0.15) is 17.1 Å². The van der Waals surface area contributed by atoms with E-state index in [1.165, 1.54) is 0 Å². The lowest BCUT2D eigenvalue weighted by Gasteiger charge is -2.07. The van der Waals surface area contributed by atoms with Crippen molar-refractivity contribution in [1.82, 2.24) is 24.7 Å². The smallest absolute Gasteiger partial charge is 0.240 e. The molecule has 4 aromatic rings. The number of aromatic nitrogens is 5. The number of hydrogen-bond acceptors (Lipinski definition) is 6. The van der Waals surface area contributed by atoms with Gasteiger partial charge < -0.3 is 15.0 Å². The molecule has 0 aliphatic heterocycles. The largest absolute Gasteiger partial charge is 0.497 e. The fourth-order valence-corrected chi connectivity index (χ4v) is 2.89. The van der Waals surface area contributed by atoms with Crippen LogP contribution in [0.4, 0.5) is 5.95 Å². The molecule has 0 saturated carbocycles. The van der Waals surface area contributed by atoms with Gasteiger partial charge in [-0.2, -0.15) is 0 Å². The average molecular weight is 332 g/mol. The Morgan fingerprint density at radius 1 is 1.08 bits per heavy atom. The Bertz CT molecular complexity index is 1060. The molecule has 0 bridgehead atoms. The number of aryl methyl sites for hydroxylation is 1. The first-order chi connectivity index (χ1) is 12.2. The highest BCUT2D eigenvalue weighted by molar-refractivity contribution is 5.98. The fourth-order valence-electron chi connectivity index (χ4n) is 2.89. The van der Waals surface area contributed by atoms with Crippen LogP contribution in [0.1, 0.15) is 0 Å². The van der Waals surface area contributed by atoms with Crippen LogP contribution >= 0.6 is 0 Å². The molecule has 3 aromatic heterocycles. The van der Waals surface area contributed by atoms with Crippen LogP contribution in [-0.4, -0.2) is 31.8 Å². The quantitative estimate of drug-likeness (QED) is 0.620. The summed E-state index contributed by atoms with van der Waals surface area (Å²) >= 11 is 0. The van der Waals surface area contributed by atoms with Crippen molar-refractivity contribution in [2.75, 3.05) is 12.8 Å².